The van der Waals surface area contributed by atoms with Gasteiger partial charge < -0.3 is 10.1 Å². The molecule has 0 aromatic heterocycles. The smallest absolute Gasteiger partial charge is 0.119 e. The van der Waals surface area contributed by atoms with Gasteiger partial charge in [0.15, 0.2) is 0 Å². The Bertz CT molecular complexity index is 562. The molecule has 4 nitrogen and oxygen atoms in total. The highest BCUT2D eigenvalue weighted by atomic mass is 16.5. The van der Waals surface area contributed by atoms with Crippen molar-refractivity contribution in [3.63, 3.8) is 0 Å². The van der Waals surface area contributed by atoms with Gasteiger partial charge in [0.25, 0.3) is 0 Å². The average Bonchev–Trinajstić information content (AvgIpc) is 3.04. The molecule has 0 aliphatic carbocycles. The Morgan fingerprint density at radius 3 is 2.81 bits per heavy atom. The number of nitrogens with one attached hydrogen (secondary N) is 1. The summed E-state index contributed by atoms with van der Waals surface area (Å²) in [5.74, 6) is 0.939. The number of aryl methyl sites for hydroxylation is 1. The van der Waals surface area contributed by atoms with Gasteiger partial charge in [-0.3, -0.25) is 9.89 Å². The number of likely N-dealkylation sites (N-methyl/N-ethyl adjacent to an activating group) is 1. The summed E-state index contributed by atoms with van der Waals surface area (Å²) in [4.78, 5) is 7.00. The van der Waals surface area contributed by atoms with Crippen molar-refractivity contribution in [2.45, 2.75) is 25.9 Å². The molecule has 2 atom stereocenters. The number of hydrogen-bond acceptors (Lipinski definition) is 4. The summed E-state index contributed by atoms with van der Waals surface area (Å²) in [6.45, 7) is 6.68. The Morgan fingerprint density at radius 2 is 2.05 bits per heavy atom. The van der Waals surface area contributed by atoms with Crippen LogP contribution in [0.3, 0.4) is 0 Å². The molecule has 1 unspecified atom stereocenters. The third-order valence-electron chi connectivity index (χ3n) is 4.31. The summed E-state index contributed by atoms with van der Waals surface area (Å²) in [5.41, 5.74) is 3.75. The highest BCUT2D eigenvalue weighted by molar-refractivity contribution is 6.07. The van der Waals surface area contributed by atoms with Gasteiger partial charge in [-0.25, -0.2) is 0 Å². The van der Waals surface area contributed by atoms with Crippen LogP contribution in [0.1, 0.15) is 12.5 Å². The molecule has 0 saturated heterocycles. The molecule has 1 N–H and O–H groups in total. The molecule has 2 aliphatic rings. The van der Waals surface area contributed by atoms with Crippen molar-refractivity contribution in [3.8, 4) is 5.75 Å². The summed E-state index contributed by atoms with van der Waals surface area (Å²) in [5, 5.41) is 3.44. The van der Waals surface area contributed by atoms with Gasteiger partial charge in [-0.2, -0.15) is 0 Å². The van der Waals surface area contributed by atoms with Crippen LogP contribution in [0.5, 0.6) is 5.75 Å². The molecule has 3 rings (SSSR count). The van der Waals surface area contributed by atoms with Crippen LogP contribution in [0.4, 0.5) is 0 Å². The average molecular weight is 285 g/mol. The molecule has 112 valence electrons. The van der Waals surface area contributed by atoms with Crippen molar-refractivity contribution in [1.82, 2.24) is 10.2 Å². The lowest BCUT2D eigenvalue weighted by molar-refractivity contribution is 0.189. The molecule has 1 aromatic carbocycles. The Balaban J connectivity index is 1.47. The fourth-order valence-electron chi connectivity index (χ4n) is 2.93. The van der Waals surface area contributed by atoms with E-state index in [1.807, 2.05) is 12.1 Å². The fraction of sp³-hybridized carbons (Fsp3) is 0.471. The quantitative estimate of drug-likeness (QED) is 0.899. The molecule has 21 heavy (non-hydrogen) atoms. The first kappa shape index (κ1) is 14.1. The predicted molar refractivity (Wildman–Crippen MR) is 86.1 cm³/mol. The molecule has 0 amide bonds. The Morgan fingerprint density at radius 1 is 1.29 bits per heavy atom. The van der Waals surface area contributed by atoms with E-state index in [-0.39, 0.29) is 0 Å². The third kappa shape index (κ3) is 2.95. The van der Waals surface area contributed by atoms with Crippen LogP contribution >= 0.6 is 0 Å². The van der Waals surface area contributed by atoms with E-state index in [2.05, 4.69) is 54.4 Å². The SMILES string of the molecule is CC1=CNC2C1=NC[C@H]2N(C)CCOc1ccc(C)cc1. The van der Waals surface area contributed by atoms with Gasteiger partial charge in [0.1, 0.15) is 12.4 Å². The monoisotopic (exact) mass is 285 g/mol. The second-order valence-corrected chi connectivity index (χ2v) is 5.91. The standard InChI is InChI=1S/C17H23N3O/c1-12-4-6-14(7-5-12)21-9-8-20(3)15-11-19-16-13(2)10-18-17(15)16/h4-7,10,15,17-18H,8-9,11H2,1-3H3/t15-,17?/m1/s1. The highest BCUT2D eigenvalue weighted by Gasteiger charge is 2.36. The van der Waals surface area contributed by atoms with E-state index in [0.717, 1.165) is 18.8 Å². The fourth-order valence-corrected chi connectivity index (χ4v) is 2.93. The molecule has 0 fully saturated rings. The highest BCUT2D eigenvalue weighted by Crippen LogP contribution is 2.21. The minimum Gasteiger partial charge on any atom is -0.492 e. The first-order chi connectivity index (χ1) is 10.1. The lowest BCUT2D eigenvalue weighted by atomic mass is 10.0. The maximum absolute atomic E-state index is 5.81. The molecule has 0 saturated carbocycles. The lowest BCUT2D eigenvalue weighted by Gasteiger charge is -2.28. The van der Waals surface area contributed by atoms with E-state index < -0.39 is 0 Å². The number of fused-ring (bicyclic) bond motifs is 1. The first-order valence-electron chi connectivity index (χ1n) is 7.52. The summed E-state index contributed by atoms with van der Waals surface area (Å²) >= 11 is 0. The Hall–Kier alpha value is -1.81. The van der Waals surface area contributed by atoms with Crippen LogP contribution in [0.25, 0.3) is 0 Å². The number of ether oxygens (including phenoxy) is 1. The van der Waals surface area contributed by atoms with Crippen LogP contribution in [0.15, 0.2) is 41.0 Å². The van der Waals surface area contributed by atoms with E-state index >= 15 is 0 Å². The van der Waals surface area contributed by atoms with Gasteiger partial charge in [-0.05, 0) is 38.6 Å². The number of benzene rings is 1. The van der Waals surface area contributed by atoms with Gasteiger partial charge in [-0.1, -0.05) is 17.7 Å². The molecule has 0 bridgehead atoms. The van der Waals surface area contributed by atoms with E-state index in [0.29, 0.717) is 18.7 Å². The minimum absolute atomic E-state index is 0.356. The second kappa shape index (κ2) is 5.90. The van der Waals surface area contributed by atoms with Crippen LogP contribution < -0.4 is 10.1 Å². The number of rotatable bonds is 5. The molecule has 0 spiro atoms. The second-order valence-electron chi connectivity index (χ2n) is 5.91. The summed E-state index contributed by atoms with van der Waals surface area (Å²) in [7, 11) is 2.15. The van der Waals surface area contributed by atoms with E-state index in [9.17, 15) is 0 Å². The zero-order chi connectivity index (χ0) is 14.8. The maximum atomic E-state index is 5.81. The molecular weight excluding hydrogens is 262 g/mol. The predicted octanol–water partition coefficient (Wildman–Crippen LogP) is 2.00. The van der Waals surface area contributed by atoms with Gasteiger partial charge >= 0.3 is 0 Å². The number of aliphatic imine (C=N–C) groups is 1. The maximum Gasteiger partial charge on any atom is 0.119 e. The van der Waals surface area contributed by atoms with Crippen molar-refractivity contribution in [3.05, 3.63) is 41.6 Å². The van der Waals surface area contributed by atoms with Gasteiger partial charge in [0, 0.05) is 12.7 Å². The van der Waals surface area contributed by atoms with Gasteiger partial charge in [0.2, 0.25) is 0 Å². The molecular formula is C17H23N3O. The number of hydrogen-bond donors (Lipinski definition) is 1. The van der Waals surface area contributed by atoms with Crippen molar-refractivity contribution >= 4 is 5.71 Å². The Labute approximate surface area is 126 Å². The van der Waals surface area contributed by atoms with Crippen LogP contribution in [0, 0.1) is 6.92 Å². The summed E-state index contributed by atoms with van der Waals surface area (Å²) in [6, 6.07) is 8.99. The lowest BCUT2D eigenvalue weighted by Crippen LogP contribution is -2.48. The summed E-state index contributed by atoms with van der Waals surface area (Å²) < 4.78 is 5.81. The van der Waals surface area contributed by atoms with E-state index in [4.69, 9.17) is 4.74 Å². The third-order valence-corrected chi connectivity index (χ3v) is 4.31. The van der Waals surface area contributed by atoms with Crippen molar-refractivity contribution < 1.29 is 4.74 Å². The van der Waals surface area contributed by atoms with Crippen molar-refractivity contribution in [1.29, 1.82) is 0 Å². The van der Waals surface area contributed by atoms with Gasteiger partial charge in [-0.15, -0.1) is 0 Å². The van der Waals surface area contributed by atoms with Crippen molar-refractivity contribution in [2.75, 3.05) is 26.7 Å². The van der Waals surface area contributed by atoms with Gasteiger partial charge in [0.05, 0.1) is 24.3 Å². The van der Waals surface area contributed by atoms with Crippen LogP contribution in [-0.4, -0.2) is 49.4 Å². The normalized spacial score (nSPS) is 23.6. The van der Waals surface area contributed by atoms with Crippen molar-refractivity contribution in [2.24, 2.45) is 4.99 Å². The minimum atomic E-state index is 0.356. The Kier molecular flexibility index (Phi) is 3.97. The first-order valence-corrected chi connectivity index (χ1v) is 7.52. The topological polar surface area (TPSA) is 36.9 Å². The number of nitrogens with zero attached hydrogens (tertiary/aromatic N) is 2. The molecule has 1 aromatic rings. The van der Waals surface area contributed by atoms with Crippen LogP contribution in [0.2, 0.25) is 0 Å². The van der Waals surface area contributed by atoms with E-state index in [1.165, 1.54) is 16.8 Å². The zero-order valence-electron chi connectivity index (χ0n) is 13.0. The largest absolute Gasteiger partial charge is 0.492 e. The summed E-state index contributed by atoms with van der Waals surface area (Å²) in [6.07, 6.45) is 2.08. The molecule has 2 heterocycles. The molecule has 0 radical (unpaired) electrons. The molecule has 4 heteroatoms. The molecule has 2 aliphatic heterocycles. The van der Waals surface area contributed by atoms with Crippen LogP contribution in [-0.2, 0) is 0 Å². The van der Waals surface area contributed by atoms with E-state index in [1.54, 1.807) is 0 Å². The zero-order valence-corrected chi connectivity index (χ0v) is 13.0.